The van der Waals surface area contributed by atoms with Gasteiger partial charge in [0.05, 0.1) is 5.56 Å². The molecule has 0 aromatic carbocycles. The highest BCUT2D eigenvalue weighted by Gasteiger charge is 2.14. The first-order valence-electron chi connectivity index (χ1n) is 4.82. The van der Waals surface area contributed by atoms with Crippen molar-refractivity contribution in [3.8, 4) is 6.07 Å². The van der Waals surface area contributed by atoms with Crippen molar-refractivity contribution in [2.45, 2.75) is 30.7 Å². The first kappa shape index (κ1) is 9.54. The smallest absolute Gasteiger partial charge is 0.114 e. The Balaban J connectivity index is 2.50. The molecule has 0 aliphatic heterocycles. The summed E-state index contributed by atoms with van der Waals surface area (Å²) >= 11 is 1.56. The minimum atomic E-state index is 0.734. The molecule has 0 fully saturated rings. The van der Waals surface area contributed by atoms with Crippen LogP contribution in [-0.4, -0.2) is 11.2 Å². The molecule has 1 aromatic heterocycles. The molecule has 1 aliphatic rings. The summed E-state index contributed by atoms with van der Waals surface area (Å²) in [5, 5.41) is 9.83. The fourth-order valence-electron chi connectivity index (χ4n) is 1.85. The van der Waals surface area contributed by atoms with Crippen molar-refractivity contribution in [1.29, 1.82) is 5.26 Å². The van der Waals surface area contributed by atoms with Crippen molar-refractivity contribution in [3.63, 3.8) is 0 Å². The molecule has 0 N–H and O–H groups in total. The number of thioether (sulfide) groups is 1. The quantitative estimate of drug-likeness (QED) is 0.660. The molecule has 0 radical (unpaired) electrons. The van der Waals surface area contributed by atoms with Crippen molar-refractivity contribution in [3.05, 3.63) is 22.9 Å². The van der Waals surface area contributed by atoms with Gasteiger partial charge >= 0.3 is 0 Å². The van der Waals surface area contributed by atoms with E-state index in [1.54, 1.807) is 11.8 Å². The summed E-state index contributed by atoms with van der Waals surface area (Å²) in [6.07, 6.45) is 6.61. The van der Waals surface area contributed by atoms with E-state index in [2.05, 4.69) is 11.1 Å². The number of hydrogen-bond donors (Lipinski definition) is 0. The van der Waals surface area contributed by atoms with Gasteiger partial charge in [0.1, 0.15) is 11.1 Å². The van der Waals surface area contributed by atoms with Crippen LogP contribution in [0.15, 0.2) is 11.1 Å². The normalized spacial score (nSPS) is 14.6. The van der Waals surface area contributed by atoms with Crippen molar-refractivity contribution >= 4 is 11.8 Å². The first-order chi connectivity index (χ1) is 6.85. The van der Waals surface area contributed by atoms with Gasteiger partial charge in [-0.3, -0.25) is 0 Å². The van der Waals surface area contributed by atoms with Crippen LogP contribution in [-0.2, 0) is 12.8 Å². The summed E-state index contributed by atoms with van der Waals surface area (Å²) in [7, 11) is 0. The largest absolute Gasteiger partial charge is 0.245 e. The topological polar surface area (TPSA) is 36.7 Å². The fraction of sp³-hybridized carbons (Fsp3) is 0.455. The van der Waals surface area contributed by atoms with E-state index >= 15 is 0 Å². The summed E-state index contributed by atoms with van der Waals surface area (Å²) in [5.74, 6) is 0. The minimum absolute atomic E-state index is 0.734. The average Bonchev–Trinajstić information content (AvgIpc) is 2.27. The highest BCUT2D eigenvalue weighted by Crippen LogP contribution is 2.25. The molecule has 1 heterocycles. The molecule has 0 spiro atoms. The van der Waals surface area contributed by atoms with Crippen molar-refractivity contribution < 1.29 is 0 Å². The van der Waals surface area contributed by atoms with Crippen LogP contribution in [0.5, 0.6) is 0 Å². The number of nitriles is 1. The SMILES string of the molecule is CSc1nc2c(cc1C#N)CCCC2. The van der Waals surface area contributed by atoms with Gasteiger partial charge in [0.25, 0.3) is 0 Å². The Kier molecular flexibility index (Phi) is 2.74. The number of rotatable bonds is 1. The highest BCUT2D eigenvalue weighted by molar-refractivity contribution is 7.98. The van der Waals surface area contributed by atoms with Gasteiger partial charge in [-0.1, -0.05) is 0 Å². The minimum Gasteiger partial charge on any atom is -0.245 e. The third-order valence-electron chi connectivity index (χ3n) is 2.58. The zero-order valence-corrected chi connectivity index (χ0v) is 9.02. The van der Waals surface area contributed by atoms with Gasteiger partial charge in [0, 0.05) is 5.69 Å². The van der Waals surface area contributed by atoms with Gasteiger partial charge in [0.15, 0.2) is 0 Å². The lowest BCUT2D eigenvalue weighted by molar-refractivity contribution is 0.660. The van der Waals surface area contributed by atoms with E-state index in [0.717, 1.165) is 23.4 Å². The molecule has 3 heteroatoms. The van der Waals surface area contributed by atoms with Crippen LogP contribution in [0, 0.1) is 11.3 Å². The van der Waals surface area contributed by atoms with Crippen molar-refractivity contribution in [1.82, 2.24) is 4.98 Å². The molecule has 0 saturated heterocycles. The molecule has 2 rings (SSSR count). The van der Waals surface area contributed by atoms with Gasteiger partial charge in [-0.05, 0) is 43.6 Å². The van der Waals surface area contributed by atoms with Gasteiger partial charge in [-0.2, -0.15) is 5.26 Å². The lowest BCUT2D eigenvalue weighted by Gasteiger charge is -2.15. The van der Waals surface area contributed by atoms with E-state index in [9.17, 15) is 0 Å². The predicted octanol–water partition coefficient (Wildman–Crippen LogP) is 2.55. The Labute approximate surface area is 88.4 Å². The molecule has 0 saturated carbocycles. The molecular weight excluding hydrogens is 192 g/mol. The van der Waals surface area contributed by atoms with Gasteiger partial charge in [-0.25, -0.2) is 4.98 Å². The standard InChI is InChI=1S/C11H12N2S/c1-14-11-9(7-12)6-8-4-2-3-5-10(8)13-11/h6H,2-5H2,1H3. The van der Waals surface area contributed by atoms with Crippen LogP contribution in [0.25, 0.3) is 0 Å². The second-order valence-electron chi connectivity index (χ2n) is 3.47. The molecule has 0 bridgehead atoms. The summed E-state index contributed by atoms with van der Waals surface area (Å²) in [4.78, 5) is 4.54. The Morgan fingerprint density at radius 2 is 2.21 bits per heavy atom. The van der Waals surface area contributed by atoms with Gasteiger partial charge < -0.3 is 0 Å². The van der Waals surface area contributed by atoms with Crippen LogP contribution < -0.4 is 0 Å². The van der Waals surface area contributed by atoms with E-state index in [0.29, 0.717) is 0 Å². The monoisotopic (exact) mass is 204 g/mol. The molecule has 0 unspecified atom stereocenters. The number of aryl methyl sites for hydroxylation is 2. The van der Waals surface area contributed by atoms with E-state index in [1.807, 2.05) is 12.3 Å². The maximum Gasteiger partial charge on any atom is 0.114 e. The Morgan fingerprint density at radius 1 is 1.43 bits per heavy atom. The molecule has 1 aliphatic carbocycles. The summed E-state index contributed by atoms with van der Waals surface area (Å²) in [5.41, 5.74) is 3.23. The van der Waals surface area contributed by atoms with Crippen molar-refractivity contribution in [2.24, 2.45) is 0 Å². The van der Waals surface area contributed by atoms with E-state index < -0.39 is 0 Å². The summed E-state index contributed by atoms with van der Waals surface area (Å²) in [6.45, 7) is 0. The number of aromatic nitrogens is 1. The van der Waals surface area contributed by atoms with Gasteiger partial charge in [-0.15, -0.1) is 11.8 Å². The lowest BCUT2D eigenvalue weighted by Crippen LogP contribution is -2.07. The predicted molar refractivity (Wildman–Crippen MR) is 57.4 cm³/mol. The summed E-state index contributed by atoms with van der Waals surface area (Å²) < 4.78 is 0. The Hall–Kier alpha value is -1.01. The lowest BCUT2D eigenvalue weighted by atomic mass is 9.95. The molecule has 1 aromatic rings. The molecule has 0 amide bonds. The van der Waals surface area contributed by atoms with Crippen LogP contribution in [0.4, 0.5) is 0 Å². The Bertz CT molecular complexity index is 393. The van der Waals surface area contributed by atoms with E-state index in [-0.39, 0.29) is 0 Å². The van der Waals surface area contributed by atoms with Crippen LogP contribution >= 0.6 is 11.8 Å². The van der Waals surface area contributed by atoms with Crippen LogP contribution in [0.3, 0.4) is 0 Å². The zero-order valence-electron chi connectivity index (χ0n) is 8.21. The molecule has 2 nitrogen and oxygen atoms in total. The summed E-state index contributed by atoms with van der Waals surface area (Å²) in [6, 6.07) is 4.23. The highest BCUT2D eigenvalue weighted by atomic mass is 32.2. The number of hydrogen-bond acceptors (Lipinski definition) is 3. The van der Waals surface area contributed by atoms with E-state index in [1.165, 1.54) is 24.1 Å². The average molecular weight is 204 g/mol. The first-order valence-corrected chi connectivity index (χ1v) is 6.04. The third kappa shape index (κ3) is 1.62. The number of nitrogens with zero attached hydrogens (tertiary/aromatic N) is 2. The number of fused-ring (bicyclic) bond motifs is 1. The molecule has 0 atom stereocenters. The zero-order chi connectivity index (χ0) is 9.97. The maximum atomic E-state index is 8.95. The second kappa shape index (κ2) is 4.02. The number of pyridine rings is 1. The third-order valence-corrected chi connectivity index (χ3v) is 3.28. The maximum absolute atomic E-state index is 8.95. The van der Waals surface area contributed by atoms with Crippen molar-refractivity contribution in [2.75, 3.05) is 6.26 Å². The van der Waals surface area contributed by atoms with E-state index in [4.69, 9.17) is 5.26 Å². The molecule has 72 valence electrons. The second-order valence-corrected chi connectivity index (χ2v) is 4.26. The molecular formula is C11H12N2S. The van der Waals surface area contributed by atoms with Crippen LogP contribution in [0.2, 0.25) is 0 Å². The Morgan fingerprint density at radius 3 is 2.93 bits per heavy atom. The van der Waals surface area contributed by atoms with Gasteiger partial charge in [0.2, 0.25) is 0 Å². The van der Waals surface area contributed by atoms with Crippen LogP contribution in [0.1, 0.15) is 29.7 Å². The fourth-order valence-corrected chi connectivity index (χ4v) is 2.38. The molecule has 14 heavy (non-hydrogen) atoms.